The number of carbonyl (C=O) groups is 1. The number of aryl methyl sites for hydroxylation is 1. The minimum atomic E-state index is -0.511. The lowest BCUT2D eigenvalue weighted by molar-refractivity contribution is -0.132. The van der Waals surface area contributed by atoms with Gasteiger partial charge in [0.05, 0.1) is 6.54 Å². The van der Waals surface area contributed by atoms with Crippen molar-refractivity contribution in [3.63, 3.8) is 0 Å². The van der Waals surface area contributed by atoms with Crippen LogP contribution in [0.2, 0.25) is 0 Å². The molecule has 0 saturated heterocycles. The number of rotatable bonds is 6. The molecule has 1 aromatic heterocycles. The number of likely N-dealkylation sites (N-methyl/N-ethyl adjacent to an activating group) is 1. The third kappa shape index (κ3) is 4.24. The topological polar surface area (TPSA) is 68.5 Å². The maximum Gasteiger partial charge on any atom is 0.260 e. The molecule has 0 N–H and O–H groups in total. The smallest absolute Gasteiger partial charge is 0.260 e. The maximum absolute atomic E-state index is 13.5. The highest BCUT2D eigenvalue weighted by Crippen LogP contribution is 2.17. The van der Waals surface area contributed by atoms with Gasteiger partial charge in [-0.1, -0.05) is 47.1 Å². The Morgan fingerprint density at radius 1 is 1.19 bits per heavy atom. The van der Waals surface area contributed by atoms with Crippen molar-refractivity contribution in [2.24, 2.45) is 0 Å². The molecule has 0 aliphatic heterocycles. The lowest BCUT2D eigenvalue weighted by Crippen LogP contribution is -2.31. The zero-order valence-corrected chi connectivity index (χ0v) is 14.5. The van der Waals surface area contributed by atoms with Gasteiger partial charge in [-0.25, -0.2) is 4.39 Å². The second kappa shape index (κ2) is 7.77. The van der Waals surface area contributed by atoms with Gasteiger partial charge in [-0.15, -0.1) is 0 Å². The van der Waals surface area contributed by atoms with Crippen LogP contribution in [-0.4, -0.2) is 34.6 Å². The molecular weight excluding hydrogens is 337 g/mol. The minimum Gasteiger partial charge on any atom is -0.481 e. The van der Waals surface area contributed by atoms with Crippen molar-refractivity contribution in [3.8, 4) is 17.1 Å². The van der Waals surface area contributed by atoms with Crippen molar-refractivity contribution in [1.29, 1.82) is 0 Å². The second-order valence-corrected chi connectivity index (χ2v) is 5.85. The Morgan fingerprint density at radius 3 is 2.65 bits per heavy atom. The SMILES string of the molecule is Cc1ccc(-c2noc(CN(C)C(=O)COc3ccccc3F)n2)cc1. The van der Waals surface area contributed by atoms with Gasteiger partial charge in [0, 0.05) is 12.6 Å². The molecule has 134 valence electrons. The van der Waals surface area contributed by atoms with Gasteiger partial charge in [0.2, 0.25) is 11.7 Å². The van der Waals surface area contributed by atoms with E-state index >= 15 is 0 Å². The van der Waals surface area contributed by atoms with Crippen LogP contribution in [0.4, 0.5) is 4.39 Å². The van der Waals surface area contributed by atoms with Crippen molar-refractivity contribution in [2.75, 3.05) is 13.7 Å². The number of amides is 1. The zero-order valence-electron chi connectivity index (χ0n) is 14.5. The highest BCUT2D eigenvalue weighted by molar-refractivity contribution is 5.77. The molecule has 0 saturated carbocycles. The first-order valence-electron chi connectivity index (χ1n) is 8.04. The van der Waals surface area contributed by atoms with Crippen LogP contribution in [0.25, 0.3) is 11.4 Å². The van der Waals surface area contributed by atoms with Gasteiger partial charge in [0.25, 0.3) is 5.91 Å². The molecule has 1 heterocycles. The molecule has 3 rings (SSSR count). The van der Waals surface area contributed by atoms with E-state index in [1.807, 2.05) is 31.2 Å². The molecule has 0 aliphatic carbocycles. The monoisotopic (exact) mass is 355 g/mol. The summed E-state index contributed by atoms with van der Waals surface area (Å²) in [6.07, 6.45) is 0. The van der Waals surface area contributed by atoms with Gasteiger partial charge < -0.3 is 14.2 Å². The molecule has 0 bridgehead atoms. The lowest BCUT2D eigenvalue weighted by atomic mass is 10.1. The Kier molecular flexibility index (Phi) is 5.26. The quantitative estimate of drug-likeness (QED) is 0.679. The fourth-order valence-electron chi connectivity index (χ4n) is 2.24. The summed E-state index contributed by atoms with van der Waals surface area (Å²) in [5.74, 6) is -0.0367. The van der Waals surface area contributed by atoms with E-state index in [-0.39, 0.29) is 24.8 Å². The fourth-order valence-corrected chi connectivity index (χ4v) is 2.24. The summed E-state index contributed by atoms with van der Waals surface area (Å²) in [7, 11) is 1.59. The average molecular weight is 355 g/mol. The zero-order chi connectivity index (χ0) is 18.5. The molecule has 2 aromatic carbocycles. The number of hydrogen-bond acceptors (Lipinski definition) is 5. The first-order valence-corrected chi connectivity index (χ1v) is 8.04. The predicted molar refractivity (Wildman–Crippen MR) is 92.8 cm³/mol. The summed E-state index contributed by atoms with van der Waals surface area (Å²) in [5, 5.41) is 3.93. The number of aromatic nitrogens is 2. The molecule has 0 spiro atoms. The number of nitrogens with zero attached hydrogens (tertiary/aromatic N) is 3. The van der Waals surface area contributed by atoms with Crippen molar-refractivity contribution in [2.45, 2.75) is 13.5 Å². The van der Waals surface area contributed by atoms with Gasteiger partial charge in [0.15, 0.2) is 18.2 Å². The van der Waals surface area contributed by atoms with Crippen LogP contribution in [0.15, 0.2) is 53.1 Å². The number of para-hydroxylation sites is 1. The van der Waals surface area contributed by atoms with E-state index in [2.05, 4.69) is 10.1 Å². The van der Waals surface area contributed by atoms with E-state index in [9.17, 15) is 9.18 Å². The van der Waals surface area contributed by atoms with E-state index in [1.54, 1.807) is 19.2 Å². The van der Waals surface area contributed by atoms with E-state index < -0.39 is 5.82 Å². The van der Waals surface area contributed by atoms with Crippen LogP contribution in [0.3, 0.4) is 0 Å². The molecule has 1 amide bonds. The average Bonchev–Trinajstić information content (AvgIpc) is 3.09. The first-order chi connectivity index (χ1) is 12.5. The molecule has 0 radical (unpaired) electrons. The number of ether oxygens (including phenoxy) is 1. The van der Waals surface area contributed by atoms with Crippen LogP contribution in [0.1, 0.15) is 11.5 Å². The fraction of sp³-hybridized carbons (Fsp3) is 0.211. The van der Waals surface area contributed by atoms with Crippen molar-refractivity contribution >= 4 is 5.91 Å². The van der Waals surface area contributed by atoms with Crippen molar-refractivity contribution in [3.05, 3.63) is 65.8 Å². The Morgan fingerprint density at radius 2 is 1.92 bits per heavy atom. The van der Waals surface area contributed by atoms with Gasteiger partial charge in [0.1, 0.15) is 0 Å². The van der Waals surface area contributed by atoms with Crippen molar-refractivity contribution < 1.29 is 18.4 Å². The Hall–Kier alpha value is -3.22. The Labute approximate surface area is 150 Å². The number of benzene rings is 2. The van der Waals surface area contributed by atoms with E-state index in [4.69, 9.17) is 9.26 Å². The molecule has 0 atom stereocenters. The Bertz CT molecular complexity index is 893. The normalized spacial score (nSPS) is 10.6. The number of carbonyl (C=O) groups excluding carboxylic acids is 1. The van der Waals surface area contributed by atoms with E-state index in [1.165, 1.54) is 17.0 Å². The highest BCUT2D eigenvalue weighted by atomic mass is 19.1. The van der Waals surface area contributed by atoms with Gasteiger partial charge in [-0.3, -0.25) is 4.79 Å². The number of hydrogen-bond donors (Lipinski definition) is 0. The molecular formula is C19H18FN3O3. The first kappa shape index (κ1) is 17.6. The van der Waals surface area contributed by atoms with Crippen LogP contribution in [-0.2, 0) is 11.3 Å². The molecule has 3 aromatic rings. The lowest BCUT2D eigenvalue weighted by Gasteiger charge is -2.15. The summed E-state index contributed by atoms with van der Waals surface area (Å²) < 4.78 is 23.9. The van der Waals surface area contributed by atoms with Gasteiger partial charge >= 0.3 is 0 Å². The largest absolute Gasteiger partial charge is 0.481 e. The molecule has 0 unspecified atom stereocenters. The Balaban J connectivity index is 1.57. The predicted octanol–water partition coefficient (Wildman–Crippen LogP) is 3.22. The standard InChI is InChI=1S/C19H18FN3O3/c1-13-7-9-14(10-8-13)19-21-17(26-22-19)11-23(2)18(24)12-25-16-6-4-3-5-15(16)20/h3-10H,11-12H2,1-2H3. The summed E-state index contributed by atoms with van der Waals surface area (Å²) >= 11 is 0. The van der Waals surface area contributed by atoms with Crippen LogP contribution in [0.5, 0.6) is 5.75 Å². The highest BCUT2D eigenvalue weighted by Gasteiger charge is 2.16. The van der Waals surface area contributed by atoms with Crippen LogP contribution >= 0.6 is 0 Å². The summed E-state index contributed by atoms with van der Waals surface area (Å²) in [6, 6.07) is 13.7. The summed E-state index contributed by atoms with van der Waals surface area (Å²) in [5.41, 5.74) is 1.97. The molecule has 6 nitrogen and oxygen atoms in total. The summed E-state index contributed by atoms with van der Waals surface area (Å²) in [4.78, 5) is 17.8. The third-order valence-corrected chi connectivity index (χ3v) is 3.76. The van der Waals surface area contributed by atoms with Crippen molar-refractivity contribution in [1.82, 2.24) is 15.0 Å². The molecule has 26 heavy (non-hydrogen) atoms. The van der Waals surface area contributed by atoms with Gasteiger partial charge in [-0.2, -0.15) is 4.98 Å². The van der Waals surface area contributed by atoms with Gasteiger partial charge in [-0.05, 0) is 19.1 Å². The maximum atomic E-state index is 13.5. The summed E-state index contributed by atoms with van der Waals surface area (Å²) in [6.45, 7) is 1.85. The minimum absolute atomic E-state index is 0.0358. The van der Waals surface area contributed by atoms with E-state index in [0.717, 1.165) is 11.1 Å². The van der Waals surface area contributed by atoms with Crippen LogP contribution < -0.4 is 4.74 Å². The second-order valence-electron chi connectivity index (χ2n) is 5.85. The third-order valence-electron chi connectivity index (χ3n) is 3.76. The molecule has 7 heteroatoms. The molecule has 0 fully saturated rings. The van der Waals surface area contributed by atoms with E-state index in [0.29, 0.717) is 11.7 Å². The molecule has 0 aliphatic rings. The number of halogens is 1. The van der Waals surface area contributed by atoms with Crippen LogP contribution in [0, 0.1) is 12.7 Å².